The Balaban J connectivity index is 1.60. The van der Waals surface area contributed by atoms with Gasteiger partial charge in [-0.2, -0.15) is 0 Å². The van der Waals surface area contributed by atoms with E-state index in [1.807, 2.05) is 0 Å². The molecule has 0 amide bonds. The molecule has 46 heavy (non-hydrogen) atoms. The van der Waals surface area contributed by atoms with Crippen molar-refractivity contribution in [3.8, 4) is 22.3 Å². The van der Waals surface area contributed by atoms with E-state index in [2.05, 4.69) is 164 Å². The van der Waals surface area contributed by atoms with Crippen molar-refractivity contribution in [3.05, 3.63) is 165 Å². The van der Waals surface area contributed by atoms with Gasteiger partial charge in [0, 0.05) is 5.04 Å². The van der Waals surface area contributed by atoms with Crippen LogP contribution in [-0.2, 0) is 19.3 Å². The van der Waals surface area contributed by atoms with Gasteiger partial charge in [0.1, 0.15) is 0 Å². The molecular weight excluding hydrogens is 569 g/mol. The zero-order valence-corrected chi connectivity index (χ0v) is 30.2. The first-order valence-corrected chi connectivity index (χ1v) is 18.5. The Morgan fingerprint density at radius 2 is 1.00 bits per heavy atom. The van der Waals surface area contributed by atoms with Crippen LogP contribution in [0.5, 0.6) is 0 Å². The maximum Gasteiger partial charge on any atom is 0.0718 e. The van der Waals surface area contributed by atoms with Gasteiger partial charge in [0.05, 0.1) is 9.52 Å². The van der Waals surface area contributed by atoms with Crippen LogP contribution in [-0.4, -0.2) is 9.52 Å². The lowest BCUT2D eigenvalue weighted by atomic mass is 9.82. The van der Waals surface area contributed by atoms with Gasteiger partial charge >= 0.3 is 0 Å². The smallest absolute Gasteiger partial charge is 0.0643 e. The van der Waals surface area contributed by atoms with Crippen LogP contribution in [0.25, 0.3) is 27.8 Å². The monoisotopic (exact) mass is 616 g/mol. The van der Waals surface area contributed by atoms with Crippen molar-refractivity contribution in [1.82, 2.24) is 0 Å². The van der Waals surface area contributed by atoms with E-state index in [4.69, 9.17) is 0 Å². The molecule has 5 aromatic carbocycles. The molecule has 0 aromatic heterocycles. The molecule has 0 radical (unpaired) electrons. The van der Waals surface area contributed by atoms with Gasteiger partial charge in [-0.15, -0.1) is 0 Å². The number of hydrogen-bond donors (Lipinski definition) is 0. The zero-order chi connectivity index (χ0) is 32.4. The van der Waals surface area contributed by atoms with Crippen LogP contribution in [0.2, 0.25) is 5.04 Å². The molecule has 1 heteroatoms. The SMILES string of the molecule is CCc1cc(CC)cc(C2=C(C)C(C)=C(C)C2(Cc2cc(C)cc(C)c2)[SiH2]c2cc(-c3ccccc3)cc(-c3ccccc3)c2)c1. The normalized spacial score (nSPS) is 16.7. The summed E-state index contributed by atoms with van der Waals surface area (Å²) in [5.74, 6) is 0. The highest BCUT2D eigenvalue weighted by atomic mass is 28.2. The van der Waals surface area contributed by atoms with Crippen molar-refractivity contribution in [2.24, 2.45) is 0 Å². The van der Waals surface area contributed by atoms with E-state index in [0.29, 0.717) is 0 Å². The highest BCUT2D eigenvalue weighted by Gasteiger charge is 2.44. The van der Waals surface area contributed by atoms with E-state index in [1.54, 1.807) is 11.1 Å². The molecule has 0 fully saturated rings. The fourth-order valence-corrected chi connectivity index (χ4v) is 10.9. The van der Waals surface area contributed by atoms with E-state index in [0.717, 1.165) is 19.3 Å². The van der Waals surface area contributed by atoms with Gasteiger partial charge in [0.25, 0.3) is 0 Å². The Labute approximate surface area is 279 Å². The minimum absolute atomic E-state index is 0.0327. The fraction of sp³-hybridized carbons (Fsp3) is 0.244. The molecule has 6 rings (SSSR count). The quantitative estimate of drug-likeness (QED) is 0.145. The molecule has 232 valence electrons. The van der Waals surface area contributed by atoms with E-state index in [1.165, 1.54) is 72.0 Å². The Bertz CT molecular complexity index is 1840. The number of benzene rings is 5. The molecule has 0 saturated heterocycles. The number of aryl methyl sites for hydroxylation is 4. The first kappa shape index (κ1) is 31.8. The third kappa shape index (κ3) is 6.26. The van der Waals surface area contributed by atoms with Gasteiger partial charge in [-0.1, -0.05) is 145 Å². The third-order valence-electron chi connectivity index (χ3n) is 10.4. The molecular formula is C45H48Si. The second kappa shape index (κ2) is 13.3. The molecule has 1 aliphatic rings. The summed E-state index contributed by atoms with van der Waals surface area (Å²) in [7, 11) is -0.918. The van der Waals surface area contributed by atoms with E-state index in [9.17, 15) is 0 Å². The summed E-state index contributed by atoms with van der Waals surface area (Å²) < 4.78 is 0. The van der Waals surface area contributed by atoms with Crippen molar-refractivity contribution in [2.75, 3.05) is 0 Å². The number of rotatable bonds is 9. The largest absolute Gasteiger partial charge is 0.0718 e. The predicted octanol–water partition coefficient (Wildman–Crippen LogP) is 10.8. The summed E-state index contributed by atoms with van der Waals surface area (Å²) in [5.41, 5.74) is 19.8. The van der Waals surface area contributed by atoms with Crippen LogP contribution in [0.4, 0.5) is 0 Å². The van der Waals surface area contributed by atoms with Gasteiger partial charge in [0.2, 0.25) is 0 Å². The van der Waals surface area contributed by atoms with Crippen LogP contribution >= 0.6 is 0 Å². The van der Waals surface area contributed by atoms with Crippen LogP contribution in [0.3, 0.4) is 0 Å². The van der Waals surface area contributed by atoms with E-state index >= 15 is 0 Å². The Hall–Kier alpha value is -4.20. The highest BCUT2D eigenvalue weighted by Crippen LogP contribution is 2.58. The Morgan fingerprint density at radius 3 is 1.50 bits per heavy atom. The summed E-state index contributed by atoms with van der Waals surface area (Å²) in [6.45, 7) is 16.3. The maximum atomic E-state index is 2.52. The Morgan fingerprint density at radius 1 is 0.478 bits per heavy atom. The summed E-state index contributed by atoms with van der Waals surface area (Å²) in [4.78, 5) is 0. The van der Waals surface area contributed by atoms with Gasteiger partial charge < -0.3 is 0 Å². The number of hydrogen-bond acceptors (Lipinski definition) is 0. The minimum atomic E-state index is -0.918. The summed E-state index contributed by atoms with van der Waals surface area (Å²) in [6, 6.07) is 43.9. The van der Waals surface area contributed by atoms with Gasteiger partial charge in [0.15, 0.2) is 0 Å². The molecule has 0 N–H and O–H groups in total. The molecule has 1 atom stereocenters. The van der Waals surface area contributed by atoms with Crippen LogP contribution in [0.15, 0.2) is 132 Å². The van der Waals surface area contributed by atoms with Gasteiger partial charge in [-0.3, -0.25) is 0 Å². The predicted molar refractivity (Wildman–Crippen MR) is 204 cm³/mol. The average molecular weight is 617 g/mol. The van der Waals surface area contributed by atoms with E-state index < -0.39 is 9.52 Å². The molecule has 0 bridgehead atoms. The van der Waals surface area contributed by atoms with Crippen molar-refractivity contribution >= 4 is 20.3 Å². The molecule has 1 aliphatic carbocycles. The van der Waals surface area contributed by atoms with Gasteiger partial charge in [-0.25, -0.2) is 0 Å². The molecule has 1 unspecified atom stereocenters. The van der Waals surface area contributed by atoms with Crippen molar-refractivity contribution in [2.45, 2.75) is 72.8 Å². The standard InChI is InChI=1S/C45H48Si/c1-8-35-23-36(9-2)25-42(24-35)44-33(6)32(5)34(7)45(44,29-37-21-30(3)20-31(4)22-37)46-43-27-40(38-16-12-10-13-17-38)26-41(28-43)39-18-14-11-15-19-39/h10-28H,8-9,29,46H2,1-7H3. The lowest BCUT2D eigenvalue weighted by Crippen LogP contribution is -2.33. The molecule has 0 nitrogen and oxygen atoms in total. The molecule has 0 spiro atoms. The van der Waals surface area contributed by atoms with Gasteiger partial charge in [-0.05, 0) is 121 Å². The third-order valence-corrected chi connectivity index (χ3v) is 12.9. The second-order valence-electron chi connectivity index (χ2n) is 13.6. The lowest BCUT2D eigenvalue weighted by Gasteiger charge is -2.37. The van der Waals surface area contributed by atoms with Crippen molar-refractivity contribution in [3.63, 3.8) is 0 Å². The van der Waals surface area contributed by atoms with Crippen molar-refractivity contribution < 1.29 is 0 Å². The molecule has 0 aliphatic heterocycles. The van der Waals surface area contributed by atoms with Crippen LogP contribution < -0.4 is 5.19 Å². The summed E-state index contributed by atoms with van der Waals surface area (Å²) in [5, 5.41) is 1.49. The first-order valence-electron chi connectivity index (χ1n) is 17.1. The average Bonchev–Trinajstić information content (AvgIpc) is 3.24. The van der Waals surface area contributed by atoms with Crippen LogP contribution in [0.1, 0.15) is 68.0 Å². The first-order chi connectivity index (χ1) is 22.2. The molecule has 0 heterocycles. The van der Waals surface area contributed by atoms with Crippen LogP contribution in [0, 0.1) is 13.8 Å². The zero-order valence-electron chi connectivity index (χ0n) is 28.8. The lowest BCUT2D eigenvalue weighted by molar-refractivity contribution is 0.795. The number of allylic oxidation sites excluding steroid dienone is 4. The molecule has 5 aromatic rings. The Kier molecular flexibility index (Phi) is 9.16. The maximum absolute atomic E-state index is 2.52. The van der Waals surface area contributed by atoms with E-state index in [-0.39, 0.29) is 5.04 Å². The summed E-state index contributed by atoms with van der Waals surface area (Å²) >= 11 is 0. The summed E-state index contributed by atoms with van der Waals surface area (Å²) in [6.07, 6.45) is 3.14. The second-order valence-corrected chi connectivity index (χ2v) is 16.0. The highest BCUT2D eigenvalue weighted by molar-refractivity contribution is 6.61. The fourth-order valence-electron chi connectivity index (χ4n) is 7.94. The molecule has 0 saturated carbocycles. The minimum Gasteiger partial charge on any atom is -0.0643 e. The van der Waals surface area contributed by atoms with Crippen molar-refractivity contribution in [1.29, 1.82) is 0 Å². The topological polar surface area (TPSA) is 0 Å².